The quantitative estimate of drug-likeness (QED) is 0.832. The number of aromatic carboxylic acids is 1. The molecular formula is C17H16ClNO3S. The monoisotopic (exact) mass is 349 g/mol. The van der Waals surface area contributed by atoms with E-state index in [2.05, 4.69) is 5.32 Å². The Morgan fingerprint density at radius 2 is 2.09 bits per heavy atom. The normalized spacial score (nSPS) is 17.0. The molecule has 0 bridgehead atoms. The molecule has 1 aliphatic rings. The van der Waals surface area contributed by atoms with Crippen LogP contribution in [0.1, 0.15) is 40.7 Å². The molecule has 3 rings (SSSR count). The van der Waals surface area contributed by atoms with E-state index in [9.17, 15) is 14.7 Å². The molecule has 2 heterocycles. The van der Waals surface area contributed by atoms with Gasteiger partial charge in [-0.05, 0) is 12.0 Å². The van der Waals surface area contributed by atoms with Crippen LogP contribution in [0.25, 0.3) is 11.1 Å². The highest BCUT2D eigenvalue weighted by atomic mass is 35.5. The standard InChI is InChI=1S/C17H16ClNO3S/c1-8(2)10-7-12(20)19-14-13(9-5-3-4-6-11(9)18)16(17(21)22)23-15(10)14/h3-6,8,10H,7H2,1-2H3,(H,19,20)(H,21,22)/t10-/m1/s1. The Hall–Kier alpha value is -1.85. The average Bonchev–Trinajstić information content (AvgIpc) is 2.86. The number of amides is 1. The van der Waals surface area contributed by atoms with Crippen molar-refractivity contribution in [3.05, 3.63) is 39.0 Å². The van der Waals surface area contributed by atoms with E-state index in [1.807, 2.05) is 19.9 Å². The average molecular weight is 350 g/mol. The number of nitrogens with one attached hydrogen (secondary N) is 1. The smallest absolute Gasteiger partial charge is 0.346 e. The zero-order valence-electron chi connectivity index (χ0n) is 12.7. The Bertz CT molecular complexity index is 797. The number of hydrogen-bond donors (Lipinski definition) is 2. The van der Waals surface area contributed by atoms with Crippen molar-refractivity contribution in [2.24, 2.45) is 5.92 Å². The molecule has 0 spiro atoms. The highest BCUT2D eigenvalue weighted by molar-refractivity contribution is 7.15. The summed E-state index contributed by atoms with van der Waals surface area (Å²) in [7, 11) is 0. The first-order valence-corrected chi connectivity index (χ1v) is 8.54. The van der Waals surface area contributed by atoms with Crippen molar-refractivity contribution in [3.8, 4) is 11.1 Å². The molecule has 1 aliphatic heterocycles. The number of hydrogen-bond acceptors (Lipinski definition) is 3. The van der Waals surface area contributed by atoms with Crippen LogP contribution in [0.3, 0.4) is 0 Å². The van der Waals surface area contributed by atoms with Crippen molar-refractivity contribution < 1.29 is 14.7 Å². The number of halogens is 1. The van der Waals surface area contributed by atoms with Gasteiger partial charge in [0.1, 0.15) is 4.88 Å². The van der Waals surface area contributed by atoms with Gasteiger partial charge >= 0.3 is 5.97 Å². The maximum absolute atomic E-state index is 12.1. The van der Waals surface area contributed by atoms with E-state index in [1.54, 1.807) is 18.2 Å². The molecule has 0 unspecified atom stereocenters. The second kappa shape index (κ2) is 5.98. The minimum atomic E-state index is -1.00. The lowest BCUT2D eigenvalue weighted by atomic mass is 9.86. The largest absolute Gasteiger partial charge is 0.477 e. The number of carbonyl (C=O) groups excluding carboxylic acids is 1. The molecule has 2 N–H and O–H groups in total. The molecule has 120 valence electrons. The van der Waals surface area contributed by atoms with Crippen LogP contribution in [-0.4, -0.2) is 17.0 Å². The molecule has 0 saturated heterocycles. The van der Waals surface area contributed by atoms with E-state index in [0.29, 0.717) is 28.3 Å². The van der Waals surface area contributed by atoms with E-state index in [1.165, 1.54) is 11.3 Å². The van der Waals surface area contributed by atoms with Crippen LogP contribution in [0, 0.1) is 5.92 Å². The Kier molecular flexibility index (Phi) is 4.17. The predicted octanol–water partition coefficient (Wildman–Crippen LogP) is 4.85. The van der Waals surface area contributed by atoms with Gasteiger partial charge in [-0.1, -0.05) is 43.6 Å². The van der Waals surface area contributed by atoms with Crippen molar-refractivity contribution >= 4 is 40.5 Å². The molecule has 6 heteroatoms. The molecule has 4 nitrogen and oxygen atoms in total. The van der Waals surface area contributed by atoms with Gasteiger partial charge in [-0.3, -0.25) is 4.79 Å². The van der Waals surface area contributed by atoms with Gasteiger partial charge in [0.25, 0.3) is 0 Å². The van der Waals surface area contributed by atoms with Gasteiger partial charge in [0.15, 0.2) is 0 Å². The van der Waals surface area contributed by atoms with Crippen LogP contribution in [0.15, 0.2) is 24.3 Å². The Labute approximate surface area is 143 Å². The molecule has 1 amide bonds. The molecule has 1 aromatic carbocycles. The third-order valence-electron chi connectivity index (χ3n) is 4.08. The topological polar surface area (TPSA) is 66.4 Å². The molecule has 0 saturated carbocycles. The summed E-state index contributed by atoms with van der Waals surface area (Å²) in [6.07, 6.45) is 0.381. The lowest BCUT2D eigenvalue weighted by Crippen LogP contribution is -2.24. The third kappa shape index (κ3) is 2.75. The van der Waals surface area contributed by atoms with E-state index >= 15 is 0 Å². The van der Waals surface area contributed by atoms with Gasteiger partial charge in [0.05, 0.1) is 5.69 Å². The minimum absolute atomic E-state index is 0.0260. The van der Waals surface area contributed by atoms with E-state index in [4.69, 9.17) is 11.6 Å². The predicted molar refractivity (Wildman–Crippen MR) is 92.6 cm³/mol. The van der Waals surface area contributed by atoms with Crippen molar-refractivity contribution in [1.82, 2.24) is 0 Å². The lowest BCUT2D eigenvalue weighted by Gasteiger charge is -2.26. The summed E-state index contributed by atoms with van der Waals surface area (Å²) < 4.78 is 0. The molecule has 23 heavy (non-hydrogen) atoms. The summed E-state index contributed by atoms with van der Waals surface area (Å²) in [6.45, 7) is 4.09. The van der Waals surface area contributed by atoms with Crippen LogP contribution in [0.4, 0.5) is 5.69 Å². The van der Waals surface area contributed by atoms with Crippen LogP contribution < -0.4 is 5.32 Å². The van der Waals surface area contributed by atoms with Gasteiger partial charge in [0, 0.05) is 33.4 Å². The molecule has 2 aromatic rings. The number of carbonyl (C=O) groups is 2. The third-order valence-corrected chi connectivity index (χ3v) is 5.72. The van der Waals surface area contributed by atoms with Gasteiger partial charge < -0.3 is 10.4 Å². The summed E-state index contributed by atoms with van der Waals surface area (Å²) >= 11 is 7.51. The van der Waals surface area contributed by atoms with E-state index in [0.717, 1.165) is 4.88 Å². The van der Waals surface area contributed by atoms with Gasteiger partial charge in [-0.25, -0.2) is 4.79 Å². The summed E-state index contributed by atoms with van der Waals surface area (Å²) in [5, 5.41) is 12.9. The molecule has 0 aliphatic carbocycles. The molecule has 0 radical (unpaired) electrons. The van der Waals surface area contributed by atoms with Crippen molar-refractivity contribution in [2.75, 3.05) is 5.32 Å². The number of benzene rings is 1. The van der Waals surface area contributed by atoms with Crippen molar-refractivity contribution in [3.63, 3.8) is 0 Å². The first-order chi connectivity index (χ1) is 10.9. The fourth-order valence-corrected chi connectivity index (χ4v) is 4.54. The van der Waals surface area contributed by atoms with E-state index < -0.39 is 5.97 Å². The second-order valence-corrected chi connectivity index (χ2v) is 7.39. The number of rotatable bonds is 3. The number of anilines is 1. The second-order valence-electron chi connectivity index (χ2n) is 5.93. The summed E-state index contributed by atoms with van der Waals surface area (Å²) in [6, 6.07) is 7.10. The Balaban J connectivity index is 2.30. The van der Waals surface area contributed by atoms with Crippen LogP contribution in [0.2, 0.25) is 5.02 Å². The zero-order valence-corrected chi connectivity index (χ0v) is 14.3. The van der Waals surface area contributed by atoms with Crippen LogP contribution >= 0.6 is 22.9 Å². The lowest BCUT2D eigenvalue weighted by molar-refractivity contribution is -0.117. The fourth-order valence-electron chi connectivity index (χ4n) is 2.93. The number of thiophene rings is 1. The number of fused-ring (bicyclic) bond motifs is 1. The van der Waals surface area contributed by atoms with Gasteiger partial charge in [-0.15, -0.1) is 11.3 Å². The number of carboxylic acids is 1. The minimum Gasteiger partial charge on any atom is -0.477 e. The highest BCUT2D eigenvalue weighted by Crippen LogP contribution is 2.50. The molecule has 1 aromatic heterocycles. The zero-order chi connectivity index (χ0) is 16.7. The maximum atomic E-state index is 12.1. The summed E-state index contributed by atoms with van der Waals surface area (Å²) in [4.78, 5) is 25.0. The molecule has 0 fully saturated rings. The van der Waals surface area contributed by atoms with E-state index in [-0.39, 0.29) is 22.6 Å². The fraction of sp³-hybridized carbons (Fsp3) is 0.294. The molecule has 1 atom stereocenters. The van der Waals surface area contributed by atoms with Crippen LogP contribution in [0.5, 0.6) is 0 Å². The highest BCUT2D eigenvalue weighted by Gasteiger charge is 2.35. The van der Waals surface area contributed by atoms with Gasteiger partial charge in [0.2, 0.25) is 5.91 Å². The first-order valence-electron chi connectivity index (χ1n) is 7.34. The Morgan fingerprint density at radius 3 is 2.70 bits per heavy atom. The SMILES string of the molecule is CC(C)[C@H]1CC(=O)Nc2c1sc(C(=O)O)c2-c1ccccc1Cl. The van der Waals surface area contributed by atoms with Crippen LogP contribution in [-0.2, 0) is 4.79 Å². The molecular weight excluding hydrogens is 334 g/mol. The number of carboxylic acid groups (broad SMARTS) is 1. The first kappa shape index (κ1) is 16.0. The van der Waals surface area contributed by atoms with Gasteiger partial charge in [-0.2, -0.15) is 0 Å². The Morgan fingerprint density at radius 1 is 1.39 bits per heavy atom. The maximum Gasteiger partial charge on any atom is 0.346 e. The summed E-state index contributed by atoms with van der Waals surface area (Å²) in [5.74, 6) is -0.812. The van der Waals surface area contributed by atoms with Crippen molar-refractivity contribution in [1.29, 1.82) is 0 Å². The van der Waals surface area contributed by atoms with Crippen molar-refractivity contribution in [2.45, 2.75) is 26.2 Å². The summed E-state index contributed by atoms with van der Waals surface area (Å²) in [5.41, 5.74) is 1.76.